The van der Waals surface area contributed by atoms with Gasteiger partial charge in [0, 0.05) is 17.4 Å². The first-order valence-corrected chi connectivity index (χ1v) is 6.49. The number of aromatic amines is 1. The summed E-state index contributed by atoms with van der Waals surface area (Å²) in [4.78, 5) is 19.8. The minimum atomic E-state index is -0.346. The summed E-state index contributed by atoms with van der Waals surface area (Å²) in [5.74, 6) is -0.346. The van der Waals surface area contributed by atoms with Crippen LogP contribution in [0.2, 0.25) is 5.15 Å². The van der Waals surface area contributed by atoms with Gasteiger partial charge in [-0.25, -0.2) is 9.97 Å². The minimum Gasteiger partial charge on any atom is -0.321 e. The number of carbonyl (C=O) groups is 1. The molecule has 2 heterocycles. The molecule has 0 fully saturated rings. The molecule has 0 aliphatic heterocycles. The molecular weight excluding hydrogens is 290 g/mol. The molecule has 1 amide bonds. The molecule has 2 N–H and O–H groups in total. The van der Waals surface area contributed by atoms with Gasteiger partial charge in [0.05, 0.1) is 18.1 Å². The molecule has 0 atom stereocenters. The number of aromatic nitrogens is 4. The van der Waals surface area contributed by atoms with Crippen LogP contribution in [0, 0.1) is 0 Å². The number of hydrogen-bond donors (Lipinski definition) is 2. The number of rotatable bonds is 3. The Morgan fingerprint density at radius 1 is 1.19 bits per heavy atom. The van der Waals surface area contributed by atoms with E-state index in [0.29, 0.717) is 5.69 Å². The molecule has 7 heteroatoms. The van der Waals surface area contributed by atoms with E-state index in [2.05, 4.69) is 25.5 Å². The largest absolute Gasteiger partial charge is 0.321 e. The van der Waals surface area contributed by atoms with Crippen LogP contribution in [0.15, 0.2) is 48.9 Å². The van der Waals surface area contributed by atoms with Crippen LogP contribution in [0.4, 0.5) is 5.69 Å². The van der Waals surface area contributed by atoms with Crippen LogP contribution in [-0.2, 0) is 0 Å². The molecule has 104 valence electrons. The Morgan fingerprint density at radius 3 is 2.81 bits per heavy atom. The molecule has 0 aliphatic rings. The Hall–Kier alpha value is -2.73. The SMILES string of the molecule is O=C(Nc1cccc(-c2ccn[nH]2)c1)c1cnc(Cl)cn1. The van der Waals surface area contributed by atoms with Crippen LogP contribution in [0.3, 0.4) is 0 Å². The second kappa shape index (κ2) is 5.72. The Kier molecular flexibility index (Phi) is 3.61. The average molecular weight is 300 g/mol. The maximum atomic E-state index is 12.0. The zero-order valence-corrected chi connectivity index (χ0v) is 11.5. The van der Waals surface area contributed by atoms with Gasteiger partial charge in [-0.3, -0.25) is 9.89 Å². The summed E-state index contributed by atoms with van der Waals surface area (Å²) in [6.07, 6.45) is 4.33. The van der Waals surface area contributed by atoms with Crippen molar-refractivity contribution >= 4 is 23.2 Å². The molecule has 0 bridgehead atoms. The topological polar surface area (TPSA) is 83.6 Å². The summed E-state index contributed by atoms with van der Waals surface area (Å²) >= 11 is 5.64. The van der Waals surface area contributed by atoms with E-state index in [1.165, 1.54) is 12.4 Å². The lowest BCUT2D eigenvalue weighted by Crippen LogP contribution is -2.13. The number of nitrogens with zero attached hydrogens (tertiary/aromatic N) is 3. The first-order valence-electron chi connectivity index (χ1n) is 6.11. The summed E-state index contributed by atoms with van der Waals surface area (Å²) in [5, 5.41) is 9.78. The molecule has 0 unspecified atom stereocenters. The molecule has 0 aliphatic carbocycles. The van der Waals surface area contributed by atoms with Gasteiger partial charge in [-0.05, 0) is 18.2 Å². The standard InChI is InChI=1S/C14H10ClN5O/c15-13-8-16-12(7-17-13)14(21)19-10-3-1-2-9(6-10)11-4-5-18-20-11/h1-8H,(H,18,20)(H,19,21). The van der Waals surface area contributed by atoms with Crippen molar-refractivity contribution in [3.63, 3.8) is 0 Å². The van der Waals surface area contributed by atoms with Gasteiger partial charge in [-0.2, -0.15) is 5.10 Å². The number of anilines is 1. The Balaban J connectivity index is 1.80. The van der Waals surface area contributed by atoms with E-state index >= 15 is 0 Å². The number of benzene rings is 1. The van der Waals surface area contributed by atoms with Crippen LogP contribution in [0.1, 0.15) is 10.5 Å². The predicted molar refractivity (Wildman–Crippen MR) is 79.0 cm³/mol. The van der Waals surface area contributed by atoms with Gasteiger partial charge in [0.15, 0.2) is 0 Å². The molecule has 1 aromatic carbocycles. The highest BCUT2D eigenvalue weighted by molar-refractivity contribution is 6.29. The van der Waals surface area contributed by atoms with Crippen molar-refractivity contribution in [1.29, 1.82) is 0 Å². The van der Waals surface area contributed by atoms with E-state index in [1.54, 1.807) is 12.3 Å². The Bertz CT molecular complexity index is 755. The Morgan fingerprint density at radius 2 is 2.10 bits per heavy atom. The highest BCUT2D eigenvalue weighted by Gasteiger charge is 2.09. The average Bonchev–Trinajstić information content (AvgIpc) is 3.02. The van der Waals surface area contributed by atoms with E-state index in [9.17, 15) is 4.79 Å². The summed E-state index contributed by atoms with van der Waals surface area (Å²) in [7, 11) is 0. The molecular formula is C14H10ClN5O. The van der Waals surface area contributed by atoms with Crippen molar-refractivity contribution < 1.29 is 4.79 Å². The van der Waals surface area contributed by atoms with Gasteiger partial charge in [0.2, 0.25) is 0 Å². The molecule has 2 aromatic heterocycles. The number of hydrogen-bond acceptors (Lipinski definition) is 4. The number of carbonyl (C=O) groups excluding carboxylic acids is 1. The third-order valence-electron chi connectivity index (χ3n) is 2.79. The summed E-state index contributed by atoms with van der Waals surface area (Å²) < 4.78 is 0. The maximum Gasteiger partial charge on any atom is 0.275 e. The first-order chi connectivity index (χ1) is 10.2. The van der Waals surface area contributed by atoms with Crippen molar-refractivity contribution in [2.75, 3.05) is 5.32 Å². The fourth-order valence-corrected chi connectivity index (χ4v) is 1.90. The van der Waals surface area contributed by atoms with Crippen LogP contribution >= 0.6 is 11.6 Å². The predicted octanol–water partition coefficient (Wildman–Crippen LogP) is 2.77. The van der Waals surface area contributed by atoms with Gasteiger partial charge in [-0.15, -0.1) is 0 Å². The van der Waals surface area contributed by atoms with E-state index < -0.39 is 0 Å². The summed E-state index contributed by atoms with van der Waals surface area (Å²) in [6.45, 7) is 0. The molecule has 21 heavy (non-hydrogen) atoms. The number of nitrogens with one attached hydrogen (secondary N) is 2. The van der Waals surface area contributed by atoms with Crippen molar-refractivity contribution in [3.05, 3.63) is 59.8 Å². The van der Waals surface area contributed by atoms with Crippen LogP contribution in [0.25, 0.3) is 11.3 Å². The fraction of sp³-hybridized carbons (Fsp3) is 0. The lowest BCUT2D eigenvalue weighted by Gasteiger charge is -2.06. The zero-order valence-electron chi connectivity index (χ0n) is 10.7. The first kappa shape index (κ1) is 13.3. The smallest absolute Gasteiger partial charge is 0.275 e. The molecule has 0 radical (unpaired) electrons. The van der Waals surface area contributed by atoms with Gasteiger partial charge in [0.25, 0.3) is 5.91 Å². The molecule has 6 nitrogen and oxygen atoms in total. The highest BCUT2D eigenvalue weighted by atomic mass is 35.5. The van der Waals surface area contributed by atoms with Crippen molar-refractivity contribution in [2.45, 2.75) is 0 Å². The minimum absolute atomic E-state index is 0.200. The van der Waals surface area contributed by atoms with E-state index in [0.717, 1.165) is 11.3 Å². The van der Waals surface area contributed by atoms with Crippen LogP contribution < -0.4 is 5.32 Å². The van der Waals surface area contributed by atoms with Gasteiger partial charge in [0.1, 0.15) is 10.8 Å². The summed E-state index contributed by atoms with van der Waals surface area (Å²) in [5.41, 5.74) is 2.65. The quantitative estimate of drug-likeness (QED) is 0.779. The number of H-pyrrole nitrogens is 1. The highest BCUT2D eigenvalue weighted by Crippen LogP contribution is 2.20. The van der Waals surface area contributed by atoms with Crippen molar-refractivity contribution in [1.82, 2.24) is 20.2 Å². The van der Waals surface area contributed by atoms with Gasteiger partial charge < -0.3 is 5.32 Å². The van der Waals surface area contributed by atoms with E-state index in [-0.39, 0.29) is 16.8 Å². The van der Waals surface area contributed by atoms with Crippen molar-refractivity contribution in [2.24, 2.45) is 0 Å². The monoisotopic (exact) mass is 299 g/mol. The second-order valence-electron chi connectivity index (χ2n) is 4.23. The number of amides is 1. The molecule has 3 aromatic rings. The lowest BCUT2D eigenvalue weighted by molar-refractivity contribution is 0.102. The maximum absolute atomic E-state index is 12.0. The third-order valence-corrected chi connectivity index (χ3v) is 2.98. The molecule has 3 rings (SSSR count). The van der Waals surface area contributed by atoms with Crippen LogP contribution in [0.5, 0.6) is 0 Å². The molecule has 0 spiro atoms. The summed E-state index contributed by atoms with van der Waals surface area (Å²) in [6, 6.07) is 9.26. The lowest BCUT2D eigenvalue weighted by atomic mass is 10.1. The third kappa shape index (κ3) is 3.06. The van der Waals surface area contributed by atoms with Crippen molar-refractivity contribution in [3.8, 4) is 11.3 Å². The van der Waals surface area contributed by atoms with E-state index in [1.807, 2.05) is 24.3 Å². The molecule has 0 saturated heterocycles. The zero-order chi connectivity index (χ0) is 14.7. The van der Waals surface area contributed by atoms with E-state index in [4.69, 9.17) is 11.6 Å². The number of halogens is 1. The Labute approximate surface area is 125 Å². The molecule has 0 saturated carbocycles. The van der Waals surface area contributed by atoms with Gasteiger partial charge >= 0.3 is 0 Å². The normalized spacial score (nSPS) is 10.3. The second-order valence-corrected chi connectivity index (χ2v) is 4.62. The van der Waals surface area contributed by atoms with Crippen LogP contribution in [-0.4, -0.2) is 26.1 Å². The fourth-order valence-electron chi connectivity index (χ4n) is 1.81. The van der Waals surface area contributed by atoms with Gasteiger partial charge in [-0.1, -0.05) is 23.7 Å².